The number of hydrogen-bond acceptors (Lipinski definition) is 5. The summed E-state index contributed by atoms with van der Waals surface area (Å²) in [5.74, 6) is -1.19. The highest BCUT2D eigenvalue weighted by atomic mass is 28.4. The van der Waals surface area contributed by atoms with E-state index >= 15 is 0 Å². The van der Waals surface area contributed by atoms with Gasteiger partial charge in [0.05, 0.1) is 6.61 Å². The molecule has 36 heavy (non-hydrogen) atoms. The lowest BCUT2D eigenvalue weighted by atomic mass is 9.99. The van der Waals surface area contributed by atoms with E-state index < -0.39 is 32.4 Å². The van der Waals surface area contributed by atoms with Crippen LogP contribution in [-0.2, 0) is 18.7 Å². The van der Waals surface area contributed by atoms with Gasteiger partial charge in [-0.2, -0.15) is 0 Å². The predicted octanol–water partition coefficient (Wildman–Crippen LogP) is 4.39. The van der Waals surface area contributed by atoms with Gasteiger partial charge >= 0.3 is 0 Å². The number of Topliss-reactive ketones (excluding diaryl/α,β-unsaturated/α-hetero) is 1. The Kier molecular flexibility index (Phi) is 7.64. The molecule has 3 aromatic rings. The minimum atomic E-state index is -3.13. The zero-order chi connectivity index (χ0) is 26.0. The number of hydrogen-bond donors (Lipinski definition) is 1. The Morgan fingerprint density at radius 2 is 1.39 bits per heavy atom. The molecule has 0 radical (unpaired) electrons. The fourth-order valence-electron chi connectivity index (χ4n) is 5.00. The smallest absolute Gasteiger partial charge is 0.262 e. The molecule has 0 aromatic heterocycles. The molecule has 1 aliphatic heterocycles. The van der Waals surface area contributed by atoms with E-state index in [4.69, 9.17) is 13.9 Å². The molecule has 0 bridgehead atoms. The van der Waals surface area contributed by atoms with Crippen molar-refractivity contribution < 1.29 is 23.8 Å². The highest BCUT2D eigenvalue weighted by Crippen LogP contribution is 2.40. The Hall–Kier alpha value is -2.61. The monoisotopic (exact) mass is 504 g/mol. The molecule has 1 heterocycles. The average molecular weight is 505 g/mol. The Balaban J connectivity index is 1.88. The molecule has 6 heteroatoms. The first-order valence-corrected chi connectivity index (χ1v) is 14.3. The van der Waals surface area contributed by atoms with Crippen LogP contribution < -0.4 is 10.4 Å². The minimum Gasteiger partial charge on any atom is -0.394 e. The summed E-state index contributed by atoms with van der Waals surface area (Å²) in [4.78, 5) is 14.0. The molecule has 0 unspecified atom stereocenters. The minimum absolute atomic E-state index is 0.119. The summed E-state index contributed by atoms with van der Waals surface area (Å²) in [5, 5.41) is 13.3. The summed E-state index contributed by atoms with van der Waals surface area (Å²) >= 11 is 0. The number of carbonyl (C=O) groups excluding carboxylic acids is 1. The van der Waals surface area contributed by atoms with Crippen LogP contribution in [-0.4, -0.2) is 43.8 Å². The van der Waals surface area contributed by atoms with Crippen LogP contribution in [0.5, 0.6) is 0 Å². The first-order chi connectivity index (χ1) is 17.1. The summed E-state index contributed by atoms with van der Waals surface area (Å²) in [7, 11) is -3.13. The molecule has 190 valence electrons. The first kappa shape index (κ1) is 26.4. The van der Waals surface area contributed by atoms with Gasteiger partial charge in [0.15, 0.2) is 11.6 Å². The third-order valence-corrected chi connectivity index (χ3v) is 11.8. The van der Waals surface area contributed by atoms with Crippen molar-refractivity contribution in [2.75, 3.05) is 6.61 Å². The van der Waals surface area contributed by atoms with Crippen molar-refractivity contribution in [2.45, 2.75) is 63.8 Å². The van der Waals surface area contributed by atoms with Crippen LogP contribution >= 0.6 is 0 Å². The normalized spacial score (nSPS) is 19.6. The standard InChI is InChI=1S/C30H36O5Si/c1-29(2,3)36(23-17-11-7-12-18-23,24-19-13-8-14-20-24)35-28(26(31)22-15-9-6-10-16-22)27(32)25-21-33-30(4,5)34-25/h6-20,25-26,28,31H,21H2,1-5H3/t25-,26-,28+/m0/s1. The van der Waals surface area contributed by atoms with Crippen molar-refractivity contribution >= 4 is 24.5 Å². The topological polar surface area (TPSA) is 65.0 Å². The molecule has 0 saturated carbocycles. The van der Waals surface area contributed by atoms with Gasteiger partial charge in [0.1, 0.15) is 18.3 Å². The summed E-state index contributed by atoms with van der Waals surface area (Å²) in [6.45, 7) is 10.1. The Bertz CT molecular complexity index is 1100. The van der Waals surface area contributed by atoms with Gasteiger partial charge in [-0.15, -0.1) is 0 Å². The molecule has 3 aromatic carbocycles. The molecule has 1 N–H and O–H groups in total. The van der Waals surface area contributed by atoms with Gasteiger partial charge in [0.25, 0.3) is 8.32 Å². The summed E-state index contributed by atoms with van der Waals surface area (Å²) < 4.78 is 18.8. The SMILES string of the molecule is CC1(C)OC[C@@H](C(=O)[C@H](O[Si](c2ccccc2)(c2ccccc2)C(C)(C)C)[C@@H](O)c2ccccc2)O1. The maximum atomic E-state index is 14.0. The van der Waals surface area contributed by atoms with E-state index in [2.05, 4.69) is 45.0 Å². The fourth-order valence-corrected chi connectivity index (χ4v) is 9.64. The number of ether oxygens (including phenoxy) is 2. The second-order valence-electron chi connectivity index (χ2n) is 10.8. The lowest BCUT2D eigenvalue weighted by Gasteiger charge is -2.45. The van der Waals surface area contributed by atoms with Crippen LogP contribution in [0.2, 0.25) is 5.04 Å². The summed E-state index contributed by atoms with van der Waals surface area (Å²) in [6, 6.07) is 29.4. The predicted molar refractivity (Wildman–Crippen MR) is 144 cm³/mol. The van der Waals surface area contributed by atoms with E-state index in [-0.39, 0.29) is 17.4 Å². The van der Waals surface area contributed by atoms with Crippen LogP contribution in [0.1, 0.15) is 46.3 Å². The second-order valence-corrected chi connectivity index (χ2v) is 15.0. The van der Waals surface area contributed by atoms with Crippen molar-refractivity contribution in [2.24, 2.45) is 0 Å². The largest absolute Gasteiger partial charge is 0.394 e. The molecule has 1 fully saturated rings. The van der Waals surface area contributed by atoms with Gasteiger partial charge in [-0.05, 0) is 34.8 Å². The summed E-state index contributed by atoms with van der Waals surface area (Å²) in [6.07, 6.45) is -3.16. The molecular weight excluding hydrogens is 468 g/mol. The van der Waals surface area contributed by atoms with Crippen molar-refractivity contribution in [3.05, 3.63) is 96.6 Å². The van der Waals surface area contributed by atoms with Gasteiger partial charge < -0.3 is 19.0 Å². The summed E-state index contributed by atoms with van der Waals surface area (Å²) in [5.41, 5.74) is 0.618. The molecule has 4 rings (SSSR count). The van der Waals surface area contributed by atoms with Gasteiger partial charge in [0.2, 0.25) is 0 Å². The maximum Gasteiger partial charge on any atom is 0.262 e. The van der Waals surface area contributed by atoms with E-state index in [1.54, 1.807) is 13.8 Å². The number of rotatable bonds is 8. The number of aliphatic hydroxyl groups excluding tert-OH is 1. The third-order valence-electron chi connectivity index (χ3n) is 6.75. The number of aliphatic hydroxyl groups is 1. The molecule has 5 nitrogen and oxygen atoms in total. The van der Waals surface area contributed by atoms with Crippen molar-refractivity contribution in [3.8, 4) is 0 Å². The van der Waals surface area contributed by atoms with Crippen LogP contribution in [0.3, 0.4) is 0 Å². The van der Waals surface area contributed by atoms with Gasteiger partial charge in [0, 0.05) is 0 Å². The van der Waals surface area contributed by atoms with Crippen LogP contribution in [0.15, 0.2) is 91.0 Å². The highest BCUT2D eigenvalue weighted by Gasteiger charge is 2.54. The van der Waals surface area contributed by atoms with E-state index in [0.29, 0.717) is 5.56 Å². The van der Waals surface area contributed by atoms with E-state index in [9.17, 15) is 9.90 Å². The molecular formula is C30H36O5Si. The highest BCUT2D eigenvalue weighted by molar-refractivity contribution is 6.99. The van der Waals surface area contributed by atoms with Crippen molar-refractivity contribution in [1.29, 1.82) is 0 Å². The molecule has 0 amide bonds. The van der Waals surface area contributed by atoms with E-state index in [1.807, 2.05) is 66.7 Å². The van der Waals surface area contributed by atoms with Crippen LogP contribution in [0, 0.1) is 0 Å². The fraction of sp³-hybridized carbons (Fsp3) is 0.367. The van der Waals surface area contributed by atoms with Crippen molar-refractivity contribution in [3.63, 3.8) is 0 Å². The zero-order valence-corrected chi connectivity index (χ0v) is 22.7. The molecule has 0 aliphatic carbocycles. The molecule has 1 aliphatic rings. The van der Waals surface area contributed by atoms with Crippen molar-refractivity contribution in [1.82, 2.24) is 0 Å². The van der Waals surface area contributed by atoms with E-state index in [0.717, 1.165) is 10.4 Å². The number of benzene rings is 3. The Morgan fingerprint density at radius 1 is 0.917 bits per heavy atom. The first-order valence-electron chi connectivity index (χ1n) is 12.4. The number of ketones is 1. The lowest BCUT2D eigenvalue weighted by Crippen LogP contribution is -2.69. The maximum absolute atomic E-state index is 14.0. The Morgan fingerprint density at radius 3 is 1.81 bits per heavy atom. The van der Waals surface area contributed by atoms with Gasteiger partial charge in [-0.25, -0.2) is 0 Å². The van der Waals surface area contributed by atoms with E-state index in [1.165, 1.54) is 0 Å². The zero-order valence-electron chi connectivity index (χ0n) is 21.7. The number of carbonyl (C=O) groups is 1. The quantitative estimate of drug-likeness (QED) is 0.461. The van der Waals surface area contributed by atoms with Crippen LogP contribution in [0.4, 0.5) is 0 Å². The Labute approximate surface area is 215 Å². The molecule has 3 atom stereocenters. The third kappa shape index (κ3) is 5.24. The molecule has 1 saturated heterocycles. The van der Waals surface area contributed by atoms with Gasteiger partial charge in [-0.1, -0.05) is 112 Å². The molecule has 0 spiro atoms. The van der Waals surface area contributed by atoms with Gasteiger partial charge in [-0.3, -0.25) is 4.79 Å². The van der Waals surface area contributed by atoms with Crippen LogP contribution in [0.25, 0.3) is 0 Å². The second kappa shape index (κ2) is 10.4. The lowest BCUT2D eigenvalue weighted by molar-refractivity contribution is -0.159. The average Bonchev–Trinajstić information content (AvgIpc) is 3.24.